The number of sulfonamides is 1. The van der Waals surface area contributed by atoms with Crippen LogP contribution in [0.15, 0.2) is 53.6 Å². The molecule has 1 aliphatic rings. The molecule has 1 fully saturated rings. The summed E-state index contributed by atoms with van der Waals surface area (Å²) in [5, 5.41) is 41.2. The quantitative estimate of drug-likeness (QED) is 0.343. The van der Waals surface area contributed by atoms with E-state index in [2.05, 4.69) is 15.0 Å². The number of nitrogens with zero attached hydrogens (tertiary/aromatic N) is 1. The average Bonchev–Trinajstić information content (AvgIpc) is 2.69. The molecule has 156 valence electrons. The maximum Gasteiger partial charge on any atom is 0.335 e. The molecule has 5 atom stereocenters. The molecule has 0 amide bonds. The molecule has 1 aromatic heterocycles. The highest BCUT2D eigenvalue weighted by molar-refractivity contribution is 7.92. The molecule has 0 aliphatic carbocycles. The number of ether oxygens (including phenoxy) is 1. The van der Waals surface area contributed by atoms with Gasteiger partial charge in [-0.25, -0.2) is 18.2 Å². The van der Waals surface area contributed by atoms with Crippen molar-refractivity contribution < 1.29 is 38.4 Å². The molecule has 0 bridgehead atoms. The minimum Gasteiger partial charge on any atom is -0.479 e. The Balaban J connectivity index is 1.72. The zero-order chi connectivity index (χ0) is 21.2. The van der Waals surface area contributed by atoms with Crippen molar-refractivity contribution in [2.24, 2.45) is 0 Å². The van der Waals surface area contributed by atoms with Crippen LogP contribution in [0.2, 0.25) is 0 Å². The molecule has 0 spiro atoms. The number of carboxylic acid groups (broad SMARTS) is 1. The van der Waals surface area contributed by atoms with E-state index < -0.39 is 46.6 Å². The van der Waals surface area contributed by atoms with Gasteiger partial charge in [-0.3, -0.25) is 4.72 Å². The van der Waals surface area contributed by atoms with Gasteiger partial charge in [0.1, 0.15) is 24.1 Å². The summed E-state index contributed by atoms with van der Waals surface area (Å²) >= 11 is 0. The van der Waals surface area contributed by atoms with Gasteiger partial charge in [-0.05, 0) is 36.4 Å². The molecule has 2 heterocycles. The number of aliphatic hydroxyl groups excluding tert-OH is 3. The van der Waals surface area contributed by atoms with Gasteiger partial charge < -0.3 is 30.5 Å². The molecule has 0 saturated carbocycles. The molecule has 6 N–H and O–H groups in total. The lowest BCUT2D eigenvalue weighted by molar-refractivity contribution is -0.221. The van der Waals surface area contributed by atoms with Gasteiger partial charge in [-0.2, -0.15) is 0 Å². The number of hydrogen-bond donors (Lipinski definition) is 6. The molecular weight excluding hydrogens is 406 g/mol. The van der Waals surface area contributed by atoms with Crippen LogP contribution in [0.5, 0.6) is 0 Å². The second-order valence-corrected chi connectivity index (χ2v) is 7.96. The molecule has 2 aromatic rings. The molecule has 5 unspecified atom stereocenters. The second-order valence-electron chi connectivity index (χ2n) is 6.28. The van der Waals surface area contributed by atoms with Crippen LogP contribution in [0.25, 0.3) is 0 Å². The van der Waals surface area contributed by atoms with Crippen molar-refractivity contribution in [1.82, 2.24) is 4.98 Å². The molecule has 1 saturated heterocycles. The number of aliphatic hydroxyl groups is 3. The molecule has 1 aromatic carbocycles. The lowest BCUT2D eigenvalue weighted by Crippen LogP contribution is -2.61. The van der Waals surface area contributed by atoms with E-state index in [-0.39, 0.29) is 10.7 Å². The fraction of sp³-hybridized carbons (Fsp3) is 0.294. The highest BCUT2D eigenvalue weighted by Crippen LogP contribution is 2.24. The van der Waals surface area contributed by atoms with E-state index in [1.165, 1.54) is 36.5 Å². The van der Waals surface area contributed by atoms with Gasteiger partial charge in [0.15, 0.2) is 12.3 Å². The number of rotatable bonds is 6. The topological polar surface area (TPSA) is 178 Å². The molecule has 12 heteroatoms. The van der Waals surface area contributed by atoms with E-state index in [0.29, 0.717) is 5.69 Å². The number of anilines is 2. The number of benzene rings is 1. The number of carbonyl (C=O) groups is 1. The third-order valence-corrected chi connectivity index (χ3v) is 5.60. The van der Waals surface area contributed by atoms with Crippen LogP contribution in [-0.2, 0) is 19.6 Å². The van der Waals surface area contributed by atoms with Gasteiger partial charge in [0.2, 0.25) is 0 Å². The van der Waals surface area contributed by atoms with Crippen molar-refractivity contribution in [2.75, 3.05) is 10.0 Å². The van der Waals surface area contributed by atoms with Crippen LogP contribution in [0.3, 0.4) is 0 Å². The van der Waals surface area contributed by atoms with Crippen LogP contribution in [-0.4, -0.2) is 70.4 Å². The van der Waals surface area contributed by atoms with Crippen LogP contribution in [0.4, 0.5) is 11.5 Å². The smallest absolute Gasteiger partial charge is 0.335 e. The zero-order valence-corrected chi connectivity index (χ0v) is 15.6. The van der Waals surface area contributed by atoms with E-state index in [4.69, 9.17) is 9.84 Å². The SMILES string of the molecule is O=C(O)C1OC(Nc2ccc(S(=O)(=O)Nc3ccccn3)cc2)C(O)C(O)C1O. The predicted molar refractivity (Wildman–Crippen MR) is 99.4 cm³/mol. The third kappa shape index (κ3) is 4.63. The summed E-state index contributed by atoms with van der Waals surface area (Å²) in [5.74, 6) is -1.35. The summed E-state index contributed by atoms with van der Waals surface area (Å²) < 4.78 is 32.2. The third-order valence-electron chi connectivity index (χ3n) is 4.23. The van der Waals surface area contributed by atoms with Crippen molar-refractivity contribution >= 4 is 27.5 Å². The number of pyridine rings is 1. The maximum absolute atomic E-state index is 12.4. The Labute approximate surface area is 165 Å². The van der Waals surface area contributed by atoms with Crippen molar-refractivity contribution in [3.05, 3.63) is 48.7 Å². The minimum atomic E-state index is -3.88. The van der Waals surface area contributed by atoms with Crippen LogP contribution >= 0.6 is 0 Å². The first-order valence-electron chi connectivity index (χ1n) is 8.42. The number of hydrogen-bond acceptors (Lipinski definition) is 9. The maximum atomic E-state index is 12.4. The highest BCUT2D eigenvalue weighted by atomic mass is 32.2. The largest absolute Gasteiger partial charge is 0.479 e. The number of aliphatic carboxylic acids is 1. The number of aromatic nitrogens is 1. The Bertz CT molecular complexity index is 954. The molecule has 3 rings (SSSR count). The van der Waals surface area contributed by atoms with Gasteiger partial charge in [0, 0.05) is 11.9 Å². The first-order valence-corrected chi connectivity index (χ1v) is 9.90. The van der Waals surface area contributed by atoms with E-state index in [0.717, 1.165) is 0 Å². The lowest BCUT2D eigenvalue weighted by atomic mass is 9.98. The first-order chi connectivity index (χ1) is 13.7. The van der Waals surface area contributed by atoms with Crippen LogP contribution in [0, 0.1) is 0 Å². The van der Waals surface area contributed by atoms with Gasteiger partial charge in [-0.15, -0.1) is 0 Å². The van der Waals surface area contributed by atoms with E-state index in [1.54, 1.807) is 12.1 Å². The van der Waals surface area contributed by atoms with Crippen LogP contribution < -0.4 is 10.0 Å². The monoisotopic (exact) mass is 425 g/mol. The molecule has 1 aliphatic heterocycles. The molecular formula is C17H19N3O8S. The normalized spacial score (nSPS) is 27.2. The summed E-state index contributed by atoms with van der Waals surface area (Å²) in [6.07, 6.45) is -6.81. The van der Waals surface area contributed by atoms with E-state index in [9.17, 15) is 28.5 Å². The van der Waals surface area contributed by atoms with Crippen LogP contribution in [0.1, 0.15) is 0 Å². The summed E-state index contributed by atoms with van der Waals surface area (Å²) in [6, 6.07) is 10.1. The first kappa shape index (κ1) is 21.0. The van der Waals surface area contributed by atoms with Gasteiger partial charge in [-0.1, -0.05) is 6.07 Å². The average molecular weight is 425 g/mol. The highest BCUT2D eigenvalue weighted by Gasteiger charge is 2.46. The van der Waals surface area contributed by atoms with Crippen molar-refractivity contribution in [3.8, 4) is 0 Å². The Morgan fingerprint density at radius 2 is 1.69 bits per heavy atom. The summed E-state index contributed by atoms with van der Waals surface area (Å²) in [5.41, 5.74) is 0.290. The Hall–Kier alpha value is -2.77. The molecule has 29 heavy (non-hydrogen) atoms. The molecule has 11 nitrogen and oxygen atoms in total. The number of carboxylic acids is 1. The summed E-state index contributed by atoms with van der Waals surface area (Å²) in [7, 11) is -3.88. The Morgan fingerprint density at radius 3 is 2.28 bits per heavy atom. The van der Waals surface area contributed by atoms with Crippen molar-refractivity contribution in [1.29, 1.82) is 0 Å². The zero-order valence-electron chi connectivity index (χ0n) is 14.8. The Kier molecular flexibility index (Phi) is 6.00. The number of nitrogens with one attached hydrogen (secondary N) is 2. The van der Waals surface area contributed by atoms with Crippen molar-refractivity contribution in [3.63, 3.8) is 0 Å². The predicted octanol–water partition coefficient (Wildman–Crippen LogP) is -0.814. The second kappa shape index (κ2) is 8.31. The van der Waals surface area contributed by atoms with Crippen molar-refractivity contribution in [2.45, 2.75) is 35.5 Å². The van der Waals surface area contributed by atoms with E-state index in [1.807, 2.05) is 0 Å². The van der Waals surface area contributed by atoms with Gasteiger partial charge in [0.05, 0.1) is 4.90 Å². The van der Waals surface area contributed by atoms with Gasteiger partial charge >= 0.3 is 5.97 Å². The fourth-order valence-electron chi connectivity index (χ4n) is 2.72. The minimum absolute atomic E-state index is 0.0577. The standard InChI is InChI=1S/C17H19N3O8S/c21-12-13(22)15(17(24)25)28-16(14(12)23)19-9-4-6-10(7-5-9)29(26,27)20-11-3-1-2-8-18-11/h1-8,12-16,19,21-23H,(H,18,20)(H,24,25). The fourth-order valence-corrected chi connectivity index (χ4v) is 3.73. The summed E-state index contributed by atoms with van der Waals surface area (Å²) in [6.45, 7) is 0. The summed E-state index contributed by atoms with van der Waals surface area (Å²) in [4.78, 5) is 15.0. The van der Waals surface area contributed by atoms with E-state index >= 15 is 0 Å². The molecule has 0 radical (unpaired) electrons. The Morgan fingerprint density at radius 1 is 1.00 bits per heavy atom. The van der Waals surface area contributed by atoms with Gasteiger partial charge in [0.25, 0.3) is 10.0 Å². The lowest BCUT2D eigenvalue weighted by Gasteiger charge is -2.39.